The van der Waals surface area contributed by atoms with Gasteiger partial charge in [-0.05, 0) is 19.3 Å². The number of hydrogen-bond acceptors (Lipinski definition) is 3. The van der Waals surface area contributed by atoms with Crippen LogP contribution >= 0.6 is 0 Å². The Morgan fingerprint density at radius 3 is 2.41 bits per heavy atom. The number of nitrogens with one attached hydrogen (secondary N) is 2. The molecule has 17 heavy (non-hydrogen) atoms. The van der Waals surface area contributed by atoms with Gasteiger partial charge in [-0.15, -0.1) is 0 Å². The standard InChI is InChI=1S/C12H22N2O3/c1-2-8-13-11(17)12(14-10(16)9-15)6-4-3-5-7-12/h15H,2-9H2,1H3,(H,13,17)(H,14,16). The van der Waals surface area contributed by atoms with Crippen molar-refractivity contribution >= 4 is 11.8 Å². The second kappa shape index (κ2) is 6.59. The van der Waals surface area contributed by atoms with E-state index in [-0.39, 0.29) is 5.91 Å². The first-order valence-corrected chi connectivity index (χ1v) is 6.35. The molecule has 0 radical (unpaired) electrons. The smallest absolute Gasteiger partial charge is 0.246 e. The van der Waals surface area contributed by atoms with Crippen molar-refractivity contribution in [3.63, 3.8) is 0 Å². The Hall–Kier alpha value is -1.10. The van der Waals surface area contributed by atoms with Crippen molar-refractivity contribution in [2.45, 2.75) is 51.0 Å². The quantitative estimate of drug-likeness (QED) is 0.650. The van der Waals surface area contributed by atoms with E-state index in [0.717, 1.165) is 25.7 Å². The number of aliphatic hydroxyl groups excluding tert-OH is 1. The molecule has 1 aliphatic rings. The molecule has 0 bridgehead atoms. The Bertz CT molecular complexity index is 273. The van der Waals surface area contributed by atoms with Crippen LogP contribution in [0.1, 0.15) is 45.4 Å². The monoisotopic (exact) mass is 242 g/mol. The summed E-state index contributed by atoms with van der Waals surface area (Å²) in [5, 5.41) is 14.3. The number of carbonyl (C=O) groups is 2. The maximum Gasteiger partial charge on any atom is 0.246 e. The van der Waals surface area contributed by atoms with Crippen molar-refractivity contribution in [1.29, 1.82) is 0 Å². The zero-order valence-corrected chi connectivity index (χ0v) is 10.4. The second-order valence-electron chi connectivity index (χ2n) is 4.60. The Morgan fingerprint density at radius 1 is 1.24 bits per heavy atom. The summed E-state index contributed by atoms with van der Waals surface area (Å²) in [7, 11) is 0. The van der Waals surface area contributed by atoms with Crippen LogP contribution in [0.3, 0.4) is 0 Å². The van der Waals surface area contributed by atoms with Crippen molar-refractivity contribution in [2.75, 3.05) is 13.2 Å². The van der Waals surface area contributed by atoms with Crippen molar-refractivity contribution in [3.8, 4) is 0 Å². The van der Waals surface area contributed by atoms with Gasteiger partial charge in [-0.25, -0.2) is 0 Å². The van der Waals surface area contributed by atoms with E-state index in [9.17, 15) is 9.59 Å². The molecule has 0 aromatic rings. The molecule has 0 heterocycles. The fourth-order valence-corrected chi connectivity index (χ4v) is 2.28. The molecular weight excluding hydrogens is 220 g/mol. The lowest BCUT2D eigenvalue weighted by molar-refractivity contribution is -0.136. The molecule has 2 amide bonds. The molecule has 0 aromatic heterocycles. The van der Waals surface area contributed by atoms with Gasteiger partial charge < -0.3 is 15.7 Å². The van der Waals surface area contributed by atoms with Crippen LogP contribution in [-0.2, 0) is 9.59 Å². The zero-order chi connectivity index (χ0) is 12.7. The number of carbonyl (C=O) groups excluding carboxylic acids is 2. The van der Waals surface area contributed by atoms with E-state index in [0.29, 0.717) is 19.4 Å². The molecule has 0 aromatic carbocycles. The van der Waals surface area contributed by atoms with E-state index in [2.05, 4.69) is 10.6 Å². The van der Waals surface area contributed by atoms with E-state index in [1.807, 2.05) is 6.92 Å². The molecule has 0 aliphatic heterocycles. The molecule has 0 saturated heterocycles. The first-order valence-electron chi connectivity index (χ1n) is 6.35. The first-order chi connectivity index (χ1) is 8.14. The van der Waals surface area contributed by atoms with E-state index in [1.54, 1.807) is 0 Å². The van der Waals surface area contributed by atoms with Crippen molar-refractivity contribution < 1.29 is 14.7 Å². The summed E-state index contributed by atoms with van der Waals surface area (Å²) < 4.78 is 0. The van der Waals surface area contributed by atoms with Crippen molar-refractivity contribution in [2.24, 2.45) is 0 Å². The van der Waals surface area contributed by atoms with Gasteiger partial charge in [-0.3, -0.25) is 9.59 Å². The summed E-state index contributed by atoms with van der Waals surface area (Å²) in [4.78, 5) is 23.4. The normalized spacial score (nSPS) is 18.5. The topological polar surface area (TPSA) is 78.4 Å². The van der Waals surface area contributed by atoms with Crippen molar-refractivity contribution in [3.05, 3.63) is 0 Å². The third-order valence-corrected chi connectivity index (χ3v) is 3.20. The molecule has 0 atom stereocenters. The summed E-state index contributed by atoms with van der Waals surface area (Å²) in [6.45, 7) is 2.04. The third kappa shape index (κ3) is 3.70. The second-order valence-corrected chi connectivity index (χ2v) is 4.60. The van der Waals surface area contributed by atoms with Gasteiger partial charge in [0.25, 0.3) is 0 Å². The summed E-state index contributed by atoms with van der Waals surface area (Å²) >= 11 is 0. The fourth-order valence-electron chi connectivity index (χ4n) is 2.28. The Balaban J connectivity index is 2.70. The molecule has 0 unspecified atom stereocenters. The van der Waals surface area contributed by atoms with Gasteiger partial charge in [0.15, 0.2) is 0 Å². The SMILES string of the molecule is CCCNC(=O)C1(NC(=O)CO)CCCCC1. The van der Waals surface area contributed by atoms with Gasteiger partial charge in [0.05, 0.1) is 0 Å². The summed E-state index contributed by atoms with van der Waals surface area (Å²) in [5.41, 5.74) is -0.798. The maximum absolute atomic E-state index is 12.1. The molecule has 1 saturated carbocycles. The molecule has 5 heteroatoms. The highest BCUT2D eigenvalue weighted by molar-refractivity contribution is 5.91. The predicted molar refractivity (Wildman–Crippen MR) is 64.3 cm³/mol. The van der Waals surface area contributed by atoms with Crippen LogP contribution in [0.2, 0.25) is 0 Å². The lowest BCUT2D eigenvalue weighted by Crippen LogP contribution is -2.60. The molecule has 1 fully saturated rings. The number of aliphatic hydroxyl groups is 1. The summed E-state index contributed by atoms with van der Waals surface area (Å²) in [6.07, 6.45) is 5.16. The van der Waals surface area contributed by atoms with Crippen molar-refractivity contribution in [1.82, 2.24) is 10.6 Å². The van der Waals surface area contributed by atoms with Gasteiger partial charge in [-0.2, -0.15) is 0 Å². The Labute approximate surface area is 102 Å². The number of amides is 2. The summed E-state index contributed by atoms with van der Waals surface area (Å²) in [6, 6.07) is 0. The first kappa shape index (κ1) is 14.0. The lowest BCUT2D eigenvalue weighted by atomic mass is 9.80. The average Bonchev–Trinajstić information content (AvgIpc) is 2.36. The molecule has 1 rings (SSSR count). The van der Waals surface area contributed by atoms with Crippen LogP contribution in [0, 0.1) is 0 Å². The van der Waals surface area contributed by atoms with Gasteiger partial charge in [0, 0.05) is 6.54 Å². The Morgan fingerprint density at radius 2 is 1.88 bits per heavy atom. The van der Waals surface area contributed by atoms with Gasteiger partial charge in [-0.1, -0.05) is 26.2 Å². The van der Waals surface area contributed by atoms with E-state index in [4.69, 9.17) is 5.11 Å². The van der Waals surface area contributed by atoms with Crippen LogP contribution in [0.5, 0.6) is 0 Å². The van der Waals surface area contributed by atoms with Crippen LogP contribution in [0.25, 0.3) is 0 Å². The van der Waals surface area contributed by atoms with Gasteiger partial charge >= 0.3 is 0 Å². The number of rotatable bonds is 5. The molecular formula is C12H22N2O3. The lowest BCUT2D eigenvalue weighted by Gasteiger charge is -2.36. The number of hydrogen-bond donors (Lipinski definition) is 3. The van der Waals surface area contributed by atoms with Gasteiger partial charge in [0.1, 0.15) is 12.1 Å². The highest BCUT2D eigenvalue weighted by Gasteiger charge is 2.40. The molecule has 0 spiro atoms. The molecule has 1 aliphatic carbocycles. The van der Waals surface area contributed by atoms with Crippen LogP contribution in [0.15, 0.2) is 0 Å². The van der Waals surface area contributed by atoms with Crippen LogP contribution in [-0.4, -0.2) is 35.6 Å². The zero-order valence-electron chi connectivity index (χ0n) is 10.4. The highest BCUT2D eigenvalue weighted by Crippen LogP contribution is 2.28. The highest BCUT2D eigenvalue weighted by atomic mass is 16.3. The van der Waals surface area contributed by atoms with E-state index in [1.165, 1.54) is 0 Å². The molecule has 5 nitrogen and oxygen atoms in total. The van der Waals surface area contributed by atoms with Gasteiger partial charge in [0.2, 0.25) is 11.8 Å². The predicted octanol–water partition coefficient (Wildman–Crippen LogP) is 0.324. The maximum atomic E-state index is 12.1. The Kier molecular flexibility index (Phi) is 5.41. The minimum Gasteiger partial charge on any atom is -0.387 e. The average molecular weight is 242 g/mol. The van der Waals surface area contributed by atoms with E-state index < -0.39 is 18.1 Å². The summed E-state index contributed by atoms with van der Waals surface area (Å²) in [5.74, 6) is -0.584. The third-order valence-electron chi connectivity index (χ3n) is 3.20. The molecule has 98 valence electrons. The minimum absolute atomic E-state index is 0.110. The minimum atomic E-state index is -0.798. The largest absolute Gasteiger partial charge is 0.387 e. The fraction of sp³-hybridized carbons (Fsp3) is 0.833. The van der Waals surface area contributed by atoms with Crippen LogP contribution in [0.4, 0.5) is 0 Å². The molecule has 3 N–H and O–H groups in total. The van der Waals surface area contributed by atoms with E-state index >= 15 is 0 Å². The van der Waals surface area contributed by atoms with Crippen LogP contribution < -0.4 is 10.6 Å².